The van der Waals surface area contributed by atoms with Gasteiger partial charge in [-0.2, -0.15) is 0 Å². The molecule has 0 radical (unpaired) electrons. The minimum Gasteiger partial charge on any atom is -0.372 e. The molecule has 1 aromatic carbocycles. The molecule has 0 bridgehead atoms. The van der Waals surface area contributed by atoms with Crippen molar-refractivity contribution in [1.82, 2.24) is 4.90 Å². The van der Waals surface area contributed by atoms with Crippen molar-refractivity contribution in [2.75, 3.05) is 25.0 Å². The maximum atomic E-state index is 11.7. The predicted molar refractivity (Wildman–Crippen MR) is 84.3 cm³/mol. The summed E-state index contributed by atoms with van der Waals surface area (Å²) in [4.78, 5) is 15.9. The number of nitrogens with zero attached hydrogens (tertiary/aromatic N) is 2. The molecule has 1 atom stereocenters. The Kier molecular flexibility index (Phi) is 5.30. The molecule has 3 nitrogen and oxygen atoms in total. The van der Waals surface area contributed by atoms with Crippen molar-refractivity contribution >= 4 is 23.2 Å². The standard InChI is InChI=1S/C16H23ClN2O/c1-13(17)16(20)18(2)12-14-6-8-15(9-7-14)19-10-4-3-5-11-19/h6-9,13H,3-5,10-12H2,1-2H3. The summed E-state index contributed by atoms with van der Waals surface area (Å²) in [6.07, 6.45) is 3.91. The molecular weight excluding hydrogens is 272 g/mol. The summed E-state index contributed by atoms with van der Waals surface area (Å²) in [6.45, 7) is 4.62. The van der Waals surface area contributed by atoms with Gasteiger partial charge in [-0.3, -0.25) is 4.79 Å². The SMILES string of the molecule is CC(Cl)C(=O)N(C)Cc1ccc(N2CCCCC2)cc1. The molecule has 0 spiro atoms. The molecule has 0 aromatic heterocycles. The number of anilines is 1. The highest BCUT2D eigenvalue weighted by atomic mass is 35.5. The lowest BCUT2D eigenvalue weighted by Gasteiger charge is -2.29. The number of alkyl halides is 1. The second kappa shape index (κ2) is 6.98. The number of rotatable bonds is 4. The summed E-state index contributed by atoms with van der Waals surface area (Å²) in [5.41, 5.74) is 2.42. The maximum absolute atomic E-state index is 11.7. The van der Waals surface area contributed by atoms with E-state index in [0.717, 1.165) is 18.7 Å². The summed E-state index contributed by atoms with van der Waals surface area (Å²) in [7, 11) is 1.79. The topological polar surface area (TPSA) is 23.6 Å². The van der Waals surface area contributed by atoms with E-state index < -0.39 is 5.38 Å². The molecule has 4 heteroatoms. The number of hydrogen-bond acceptors (Lipinski definition) is 2. The van der Waals surface area contributed by atoms with Gasteiger partial charge in [0.25, 0.3) is 0 Å². The van der Waals surface area contributed by atoms with Crippen LogP contribution in [0.15, 0.2) is 24.3 Å². The van der Waals surface area contributed by atoms with E-state index in [9.17, 15) is 4.79 Å². The summed E-state index contributed by atoms with van der Waals surface area (Å²) in [6, 6.07) is 8.52. The van der Waals surface area contributed by atoms with Crippen molar-refractivity contribution in [1.29, 1.82) is 0 Å². The molecule has 1 aliphatic rings. The molecule has 2 rings (SSSR count). The number of hydrogen-bond donors (Lipinski definition) is 0. The number of benzene rings is 1. The van der Waals surface area contributed by atoms with Crippen LogP contribution in [-0.2, 0) is 11.3 Å². The quantitative estimate of drug-likeness (QED) is 0.796. The van der Waals surface area contributed by atoms with Crippen LogP contribution in [0, 0.1) is 0 Å². The van der Waals surface area contributed by atoms with Crippen molar-refractivity contribution in [3.05, 3.63) is 29.8 Å². The molecule has 1 unspecified atom stereocenters. The molecule has 20 heavy (non-hydrogen) atoms. The minimum absolute atomic E-state index is 0.0354. The Morgan fingerprint density at radius 2 is 1.85 bits per heavy atom. The van der Waals surface area contributed by atoms with Crippen LogP contribution in [0.4, 0.5) is 5.69 Å². The Labute approximate surface area is 126 Å². The number of amides is 1. The smallest absolute Gasteiger partial charge is 0.240 e. The lowest BCUT2D eigenvalue weighted by Crippen LogP contribution is -2.31. The van der Waals surface area contributed by atoms with Crippen LogP contribution < -0.4 is 4.90 Å². The molecular formula is C16H23ClN2O. The first-order valence-corrected chi connectivity index (χ1v) is 7.74. The Balaban J connectivity index is 1.95. The number of halogens is 1. The molecule has 110 valence electrons. The van der Waals surface area contributed by atoms with E-state index >= 15 is 0 Å². The lowest BCUT2D eigenvalue weighted by molar-refractivity contribution is -0.129. The van der Waals surface area contributed by atoms with Crippen molar-refractivity contribution < 1.29 is 4.79 Å². The van der Waals surface area contributed by atoms with Crippen LogP contribution >= 0.6 is 11.6 Å². The first-order valence-electron chi connectivity index (χ1n) is 7.31. The van der Waals surface area contributed by atoms with Crippen LogP contribution in [0.5, 0.6) is 0 Å². The van der Waals surface area contributed by atoms with Gasteiger partial charge < -0.3 is 9.80 Å². The highest BCUT2D eigenvalue weighted by Gasteiger charge is 2.15. The van der Waals surface area contributed by atoms with Crippen LogP contribution in [0.1, 0.15) is 31.7 Å². The fourth-order valence-electron chi connectivity index (χ4n) is 2.62. The molecule has 1 amide bonds. The average molecular weight is 295 g/mol. The van der Waals surface area contributed by atoms with Gasteiger partial charge in [0.1, 0.15) is 5.38 Å². The zero-order valence-corrected chi connectivity index (χ0v) is 13.1. The van der Waals surface area contributed by atoms with Crippen LogP contribution in [0.2, 0.25) is 0 Å². The van der Waals surface area contributed by atoms with E-state index in [4.69, 9.17) is 11.6 Å². The van der Waals surface area contributed by atoms with Crippen molar-refractivity contribution in [2.45, 2.75) is 38.1 Å². The van der Waals surface area contributed by atoms with Crippen molar-refractivity contribution in [3.63, 3.8) is 0 Å². The van der Waals surface area contributed by atoms with E-state index in [-0.39, 0.29) is 5.91 Å². The predicted octanol–water partition coefficient (Wildman–Crippen LogP) is 3.26. The number of carbonyl (C=O) groups is 1. The van der Waals surface area contributed by atoms with Crippen molar-refractivity contribution in [3.8, 4) is 0 Å². The van der Waals surface area contributed by atoms with Gasteiger partial charge >= 0.3 is 0 Å². The summed E-state index contributed by atoms with van der Waals surface area (Å²) < 4.78 is 0. The molecule has 0 saturated carbocycles. The third kappa shape index (κ3) is 3.89. The molecule has 0 aliphatic carbocycles. The largest absolute Gasteiger partial charge is 0.372 e. The van der Waals surface area contributed by atoms with Crippen LogP contribution in [-0.4, -0.2) is 36.3 Å². The summed E-state index contributed by atoms with van der Waals surface area (Å²) >= 11 is 5.82. The normalized spacial score (nSPS) is 16.9. The van der Waals surface area contributed by atoms with Crippen molar-refractivity contribution in [2.24, 2.45) is 0 Å². The van der Waals surface area contributed by atoms with Crippen LogP contribution in [0.3, 0.4) is 0 Å². The van der Waals surface area contributed by atoms with E-state index in [1.807, 2.05) is 0 Å². The Morgan fingerprint density at radius 1 is 1.25 bits per heavy atom. The minimum atomic E-state index is -0.465. The van der Waals surface area contributed by atoms with E-state index in [0.29, 0.717) is 6.54 Å². The number of carbonyl (C=O) groups excluding carboxylic acids is 1. The monoisotopic (exact) mass is 294 g/mol. The Hall–Kier alpha value is -1.22. The first kappa shape index (κ1) is 15.2. The zero-order valence-electron chi connectivity index (χ0n) is 12.3. The van der Waals surface area contributed by atoms with Gasteiger partial charge in [0.05, 0.1) is 0 Å². The first-order chi connectivity index (χ1) is 9.58. The van der Waals surface area contributed by atoms with Gasteiger partial charge in [0.2, 0.25) is 5.91 Å². The second-order valence-corrected chi connectivity index (χ2v) is 6.18. The summed E-state index contributed by atoms with van der Waals surface area (Å²) in [5, 5.41) is -0.465. The fraction of sp³-hybridized carbons (Fsp3) is 0.562. The molecule has 1 fully saturated rings. The van der Waals surface area contributed by atoms with E-state index in [2.05, 4.69) is 29.2 Å². The molecule has 1 heterocycles. The highest BCUT2D eigenvalue weighted by molar-refractivity contribution is 6.30. The van der Waals surface area contributed by atoms with Gasteiger partial charge in [0, 0.05) is 32.4 Å². The van der Waals surface area contributed by atoms with E-state index in [1.54, 1.807) is 18.9 Å². The lowest BCUT2D eigenvalue weighted by atomic mass is 10.1. The third-order valence-corrected chi connectivity index (χ3v) is 3.98. The van der Waals surface area contributed by atoms with Gasteiger partial charge in [-0.25, -0.2) is 0 Å². The average Bonchev–Trinajstić information content (AvgIpc) is 2.48. The molecule has 0 N–H and O–H groups in total. The van der Waals surface area contributed by atoms with Gasteiger partial charge in [-0.15, -0.1) is 11.6 Å². The molecule has 1 aliphatic heterocycles. The zero-order chi connectivity index (χ0) is 14.5. The maximum Gasteiger partial charge on any atom is 0.240 e. The van der Waals surface area contributed by atoms with Gasteiger partial charge in [0.15, 0.2) is 0 Å². The fourth-order valence-corrected chi connectivity index (χ4v) is 2.79. The van der Waals surface area contributed by atoms with Gasteiger partial charge in [-0.1, -0.05) is 12.1 Å². The molecule has 1 saturated heterocycles. The third-order valence-electron chi connectivity index (χ3n) is 3.79. The van der Waals surface area contributed by atoms with E-state index in [1.165, 1.54) is 24.9 Å². The highest BCUT2D eigenvalue weighted by Crippen LogP contribution is 2.20. The Morgan fingerprint density at radius 3 is 2.40 bits per heavy atom. The number of piperidine rings is 1. The molecule has 1 aromatic rings. The van der Waals surface area contributed by atoms with Gasteiger partial charge in [-0.05, 0) is 43.9 Å². The van der Waals surface area contributed by atoms with Crippen LogP contribution in [0.25, 0.3) is 0 Å². The Bertz CT molecular complexity index is 438. The summed E-state index contributed by atoms with van der Waals surface area (Å²) in [5.74, 6) is -0.0354. The second-order valence-electron chi connectivity index (χ2n) is 5.52.